The first kappa shape index (κ1) is 25.8. The normalized spacial score (nSPS) is 16.2. The highest BCUT2D eigenvalue weighted by atomic mass is 16.5. The van der Waals surface area contributed by atoms with Gasteiger partial charge in [-0.2, -0.15) is 0 Å². The number of rotatable bonds is 12. The van der Waals surface area contributed by atoms with Crippen molar-refractivity contribution in [3.8, 4) is 0 Å². The first-order chi connectivity index (χ1) is 15.4. The van der Waals surface area contributed by atoms with Crippen LogP contribution in [0.1, 0.15) is 32.3 Å². The molecule has 32 heavy (non-hydrogen) atoms. The average Bonchev–Trinajstić information content (AvgIpc) is 2.79. The lowest BCUT2D eigenvalue weighted by atomic mass is 9.92. The van der Waals surface area contributed by atoms with E-state index in [9.17, 15) is 14.4 Å². The molecule has 0 aliphatic carbocycles. The van der Waals surface area contributed by atoms with E-state index in [4.69, 9.17) is 9.94 Å². The number of hydrogen-bond acceptors (Lipinski definition) is 6. The zero-order valence-corrected chi connectivity index (χ0v) is 19.0. The van der Waals surface area contributed by atoms with Crippen molar-refractivity contribution in [2.24, 2.45) is 11.8 Å². The molecule has 4 N–H and O–H groups in total. The largest absolute Gasteiger partial charge is 0.379 e. The summed E-state index contributed by atoms with van der Waals surface area (Å²) in [6.07, 6.45) is 0.670. The highest BCUT2D eigenvalue weighted by Gasteiger charge is 2.28. The molecular weight excluding hydrogens is 412 g/mol. The quantitative estimate of drug-likeness (QED) is 0.276. The maximum atomic E-state index is 13.0. The van der Waals surface area contributed by atoms with Gasteiger partial charge in [-0.3, -0.25) is 24.5 Å². The number of hydrogen-bond donors (Lipinski definition) is 4. The summed E-state index contributed by atoms with van der Waals surface area (Å²) in [5, 5.41) is 14.6. The lowest BCUT2D eigenvalue weighted by Gasteiger charge is -2.27. The van der Waals surface area contributed by atoms with Gasteiger partial charge >= 0.3 is 0 Å². The zero-order chi connectivity index (χ0) is 23.3. The highest BCUT2D eigenvalue weighted by molar-refractivity contribution is 5.90. The molecule has 1 aromatic rings. The SMILES string of the molecule is CC(C)C[C@@H](CC(=O)NO)C(=O)N[C@H](Cc1ccccc1)C(=O)NCCN1CCOCC1. The summed E-state index contributed by atoms with van der Waals surface area (Å²) in [4.78, 5) is 39.8. The number of carbonyl (C=O) groups excluding carboxylic acids is 3. The van der Waals surface area contributed by atoms with Crippen molar-refractivity contribution in [3.63, 3.8) is 0 Å². The van der Waals surface area contributed by atoms with Crippen LogP contribution in [0.2, 0.25) is 0 Å². The van der Waals surface area contributed by atoms with Crippen LogP contribution in [-0.2, 0) is 25.5 Å². The number of morpholine rings is 1. The van der Waals surface area contributed by atoms with E-state index < -0.39 is 17.9 Å². The van der Waals surface area contributed by atoms with Gasteiger partial charge in [0.2, 0.25) is 17.7 Å². The van der Waals surface area contributed by atoms with Gasteiger partial charge in [0.1, 0.15) is 6.04 Å². The van der Waals surface area contributed by atoms with Crippen molar-refractivity contribution in [3.05, 3.63) is 35.9 Å². The molecule has 0 aromatic heterocycles. The average molecular weight is 449 g/mol. The maximum absolute atomic E-state index is 13.0. The molecule has 178 valence electrons. The van der Waals surface area contributed by atoms with Gasteiger partial charge < -0.3 is 15.4 Å². The Hall–Kier alpha value is -2.49. The van der Waals surface area contributed by atoms with Crippen molar-refractivity contribution in [2.75, 3.05) is 39.4 Å². The molecule has 1 saturated heterocycles. The molecule has 1 heterocycles. The maximum Gasteiger partial charge on any atom is 0.244 e. The van der Waals surface area contributed by atoms with E-state index in [0.29, 0.717) is 39.1 Å². The van der Waals surface area contributed by atoms with Crippen molar-refractivity contribution >= 4 is 17.7 Å². The lowest BCUT2D eigenvalue weighted by molar-refractivity contribution is -0.136. The molecule has 0 bridgehead atoms. The number of hydroxylamine groups is 1. The Morgan fingerprint density at radius 2 is 1.78 bits per heavy atom. The fraction of sp³-hybridized carbons (Fsp3) is 0.609. The Morgan fingerprint density at radius 3 is 2.41 bits per heavy atom. The summed E-state index contributed by atoms with van der Waals surface area (Å²) in [6.45, 7) is 8.16. The van der Waals surface area contributed by atoms with Gasteiger partial charge in [-0.25, -0.2) is 5.48 Å². The highest BCUT2D eigenvalue weighted by Crippen LogP contribution is 2.16. The fourth-order valence-corrected chi connectivity index (χ4v) is 3.76. The summed E-state index contributed by atoms with van der Waals surface area (Å²) in [5.41, 5.74) is 2.51. The monoisotopic (exact) mass is 448 g/mol. The molecule has 1 aromatic carbocycles. The number of nitrogens with zero attached hydrogens (tertiary/aromatic N) is 1. The van der Waals surface area contributed by atoms with Gasteiger partial charge in [-0.1, -0.05) is 44.2 Å². The number of amides is 3. The summed E-state index contributed by atoms with van der Waals surface area (Å²) >= 11 is 0. The van der Waals surface area contributed by atoms with Crippen molar-refractivity contribution in [2.45, 2.75) is 39.2 Å². The molecular formula is C23H36N4O5. The first-order valence-corrected chi connectivity index (χ1v) is 11.2. The van der Waals surface area contributed by atoms with Gasteiger partial charge in [-0.15, -0.1) is 0 Å². The van der Waals surface area contributed by atoms with Gasteiger partial charge in [0.25, 0.3) is 0 Å². The first-order valence-electron chi connectivity index (χ1n) is 11.2. The minimum Gasteiger partial charge on any atom is -0.379 e. The number of ether oxygens (including phenoxy) is 1. The smallest absolute Gasteiger partial charge is 0.244 e. The second kappa shape index (κ2) is 13.8. The van der Waals surface area contributed by atoms with Crippen LogP contribution in [0.3, 0.4) is 0 Å². The molecule has 1 aliphatic rings. The zero-order valence-electron chi connectivity index (χ0n) is 19.0. The van der Waals surface area contributed by atoms with Gasteiger partial charge in [0.15, 0.2) is 0 Å². The van der Waals surface area contributed by atoms with E-state index in [1.807, 2.05) is 44.2 Å². The fourth-order valence-electron chi connectivity index (χ4n) is 3.76. The Morgan fingerprint density at radius 1 is 1.09 bits per heavy atom. The van der Waals surface area contributed by atoms with Crippen molar-refractivity contribution < 1.29 is 24.3 Å². The summed E-state index contributed by atoms with van der Waals surface area (Å²) < 4.78 is 5.34. The van der Waals surface area contributed by atoms with Crippen LogP contribution >= 0.6 is 0 Å². The number of carbonyl (C=O) groups is 3. The Bertz CT molecular complexity index is 722. The molecule has 1 fully saturated rings. The molecule has 9 nitrogen and oxygen atoms in total. The van der Waals surface area contributed by atoms with Crippen LogP contribution in [0.25, 0.3) is 0 Å². The van der Waals surface area contributed by atoms with Crippen LogP contribution in [-0.4, -0.2) is 73.3 Å². The molecule has 0 spiro atoms. The van der Waals surface area contributed by atoms with Crippen LogP contribution in [0.15, 0.2) is 30.3 Å². The molecule has 2 atom stereocenters. The molecule has 3 amide bonds. The summed E-state index contributed by atoms with van der Waals surface area (Å²) in [7, 11) is 0. The summed E-state index contributed by atoms with van der Waals surface area (Å²) in [5.74, 6) is -1.72. The lowest BCUT2D eigenvalue weighted by Crippen LogP contribution is -2.51. The second-order valence-electron chi connectivity index (χ2n) is 8.56. The molecule has 0 radical (unpaired) electrons. The number of nitrogens with one attached hydrogen (secondary N) is 3. The van der Waals surface area contributed by atoms with Crippen molar-refractivity contribution in [1.29, 1.82) is 0 Å². The van der Waals surface area contributed by atoms with E-state index in [-0.39, 0.29) is 24.2 Å². The van der Waals surface area contributed by atoms with Gasteiger partial charge in [0, 0.05) is 44.9 Å². The van der Waals surface area contributed by atoms with E-state index in [1.165, 1.54) is 0 Å². The molecule has 0 saturated carbocycles. The second-order valence-corrected chi connectivity index (χ2v) is 8.56. The standard InChI is InChI=1S/C23H36N4O5/c1-17(2)14-19(16-21(28)26-31)22(29)25-20(15-18-6-4-3-5-7-18)23(30)24-8-9-27-10-12-32-13-11-27/h3-7,17,19-20,31H,8-16H2,1-2H3,(H,24,30)(H,25,29)(H,26,28)/t19-,20+/m0/s1. The minimum absolute atomic E-state index is 0.142. The third-order valence-corrected chi connectivity index (χ3v) is 5.43. The van der Waals surface area contributed by atoms with Crippen molar-refractivity contribution in [1.82, 2.24) is 21.0 Å². The van der Waals surface area contributed by atoms with Gasteiger partial charge in [0.05, 0.1) is 13.2 Å². The third-order valence-electron chi connectivity index (χ3n) is 5.43. The number of benzene rings is 1. The van der Waals surface area contributed by atoms with Crippen LogP contribution in [0.5, 0.6) is 0 Å². The topological polar surface area (TPSA) is 120 Å². The third kappa shape index (κ3) is 9.33. The minimum atomic E-state index is -0.763. The van der Waals surface area contributed by atoms with E-state index in [0.717, 1.165) is 18.7 Å². The van der Waals surface area contributed by atoms with Crippen LogP contribution in [0, 0.1) is 11.8 Å². The van der Waals surface area contributed by atoms with E-state index >= 15 is 0 Å². The van der Waals surface area contributed by atoms with Gasteiger partial charge in [-0.05, 0) is 17.9 Å². The Kier molecular flexibility index (Phi) is 11.1. The van der Waals surface area contributed by atoms with E-state index in [1.54, 1.807) is 5.48 Å². The van der Waals surface area contributed by atoms with Crippen LogP contribution < -0.4 is 16.1 Å². The summed E-state index contributed by atoms with van der Waals surface area (Å²) in [6, 6.07) is 8.72. The molecule has 9 heteroatoms. The Labute approximate surface area is 189 Å². The predicted molar refractivity (Wildman–Crippen MR) is 120 cm³/mol. The molecule has 1 aliphatic heterocycles. The molecule has 0 unspecified atom stereocenters. The van der Waals surface area contributed by atoms with E-state index in [2.05, 4.69) is 15.5 Å². The molecule has 2 rings (SSSR count). The Balaban J connectivity index is 2.02. The predicted octanol–water partition coefficient (Wildman–Crippen LogP) is 0.720. The van der Waals surface area contributed by atoms with Crippen LogP contribution in [0.4, 0.5) is 0 Å².